The van der Waals surface area contributed by atoms with Gasteiger partial charge in [-0.2, -0.15) is 0 Å². The molecule has 0 aliphatic carbocycles. The second-order valence-electron chi connectivity index (χ2n) is 6.86. The van der Waals surface area contributed by atoms with Crippen LogP contribution < -0.4 is 0 Å². The lowest BCUT2D eigenvalue weighted by atomic mass is 10.0. The van der Waals surface area contributed by atoms with Crippen molar-refractivity contribution in [2.45, 2.75) is 39.3 Å². The summed E-state index contributed by atoms with van der Waals surface area (Å²) in [6, 6.07) is 10.1. The molecule has 3 aromatic rings. The number of fused-ring (bicyclic) bond motifs is 1. The summed E-state index contributed by atoms with van der Waals surface area (Å²) in [4.78, 5) is 19.6. The van der Waals surface area contributed by atoms with Crippen LogP contribution in [0.5, 0.6) is 0 Å². The van der Waals surface area contributed by atoms with Crippen molar-refractivity contribution in [3.05, 3.63) is 65.6 Å². The zero-order chi connectivity index (χ0) is 19.0. The number of carbonyl (C=O) groups is 1. The largest absolute Gasteiger partial charge is 0.441 e. The van der Waals surface area contributed by atoms with E-state index in [-0.39, 0.29) is 30.2 Å². The highest BCUT2D eigenvalue weighted by Gasteiger charge is 2.33. The SMILES string of the molecule is CCCC1c2cccn2CCN1C(=O)c1nc(-c2ccc(F)cc2)oc1C.Cl. The molecule has 1 atom stereocenters. The lowest BCUT2D eigenvalue weighted by Gasteiger charge is -2.36. The number of aromatic nitrogens is 2. The van der Waals surface area contributed by atoms with Crippen LogP contribution >= 0.6 is 12.4 Å². The van der Waals surface area contributed by atoms with Crippen LogP contribution in [0.4, 0.5) is 4.39 Å². The molecule has 148 valence electrons. The molecular weight excluding hydrogens is 381 g/mol. The maximum Gasteiger partial charge on any atom is 0.276 e. The number of halogens is 2. The molecule has 1 aromatic carbocycles. The van der Waals surface area contributed by atoms with Crippen molar-refractivity contribution in [3.8, 4) is 11.5 Å². The second-order valence-corrected chi connectivity index (χ2v) is 6.86. The van der Waals surface area contributed by atoms with E-state index in [2.05, 4.69) is 28.7 Å². The quantitative estimate of drug-likeness (QED) is 0.615. The molecule has 0 bridgehead atoms. The van der Waals surface area contributed by atoms with Crippen LogP contribution in [-0.4, -0.2) is 26.9 Å². The van der Waals surface area contributed by atoms with Gasteiger partial charge in [0.1, 0.15) is 11.6 Å². The molecule has 0 saturated heterocycles. The van der Waals surface area contributed by atoms with Crippen molar-refractivity contribution in [2.75, 3.05) is 6.54 Å². The fourth-order valence-electron chi connectivity index (χ4n) is 3.73. The number of hydrogen-bond acceptors (Lipinski definition) is 3. The predicted octanol–water partition coefficient (Wildman–Crippen LogP) is 5.01. The van der Waals surface area contributed by atoms with Crippen molar-refractivity contribution in [1.82, 2.24) is 14.5 Å². The predicted molar refractivity (Wildman–Crippen MR) is 107 cm³/mol. The monoisotopic (exact) mass is 403 g/mol. The normalized spacial score (nSPS) is 15.8. The van der Waals surface area contributed by atoms with Gasteiger partial charge in [0.05, 0.1) is 6.04 Å². The van der Waals surface area contributed by atoms with Gasteiger partial charge in [0.2, 0.25) is 5.89 Å². The fraction of sp³-hybridized carbons (Fsp3) is 0.333. The Kier molecular flexibility index (Phi) is 5.89. The number of carbonyl (C=O) groups excluding carboxylic acids is 1. The number of oxazole rings is 1. The highest BCUT2D eigenvalue weighted by Crippen LogP contribution is 2.32. The van der Waals surface area contributed by atoms with Crippen LogP contribution in [0.2, 0.25) is 0 Å². The van der Waals surface area contributed by atoms with Crippen LogP contribution in [-0.2, 0) is 6.54 Å². The van der Waals surface area contributed by atoms with E-state index in [0.717, 1.165) is 25.1 Å². The molecule has 1 aliphatic rings. The topological polar surface area (TPSA) is 51.3 Å². The molecule has 0 spiro atoms. The molecule has 3 heterocycles. The number of nitrogens with zero attached hydrogens (tertiary/aromatic N) is 3. The number of hydrogen-bond donors (Lipinski definition) is 0. The number of benzene rings is 1. The summed E-state index contributed by atoms with van der Waals surface area (Å²) in [5.41, 5.74) is 2.14. The van der Waals surface area contributed by atoms with Crippen LogP contribution in [0, 0.1) is 12.7 Å². The first-order chi connectivity index (χ1) is 13.1. The van der Waals surface area contributed by atoms with Gasteiger partial charge in [0.25, 0.3) is 5.91 Å². The molecule has 5 nitrogen and oxygen atoms in total. The first-order valence-electron chi connectivity index (χ1n) is 9.28. The Morgan fingerprint density at radius 1 is 1.25 bits per heavy atom. The number of amides is 1. The highest BCUT2D eigenvalue weighted by atomic mass is 35.5. The maximum absolute atomic E-state index is 13.3. The van der Waals surface area contributed by atoms with Gasteiger partial charge in [0, 0.05) is 30.5 Å². The average Bonchev–Trinajstić information content (AvgIpc) is 3.29. The Morgan fingerprint density at radius 3 is 2.71 bits per heavy atom. The summed E-state index contributed by atoms with van der Waals surface area (Å²) in [6.07, 6.45) is 3.95. The molecule has 1 amide bonds. The molecule has 0 fully saturated rings. The lowest BCUT2D eigenvalue weighted by molar-refractivity contribution is 0.0603. The number of rotatable bonds is 4. The third-order valence-corrected chi connectivity index (χ3v) is 5.08. The van der Waals surface area contributed by atoms with Crippen LogP contribution in [0.25, 0.3) is 11.5 Å². The first-order valence-corrected chi connectivity index (χ1v) is 9.28. The molecule has 28 heavy (non-hydrogen) atoms. The summed E-state index contributed by atoms with van der Waals surface area (Å²) in [5, 5.41) is 0. The molecule has 4 rings (SSSR count). The Hall–Kier alpha value is -2.60. The number of aryl methyl sites for hydroxylation is 1. The molecule has 0 radical (unpaired) electrons. The standard InChI is InChI=1S/C21H22FN3O2.ClH/c1-3-5-18-17-6-4-11-24(17)12-13-25(18)21(26)19-14(2)27-20(23-19)15-7-9-16(22)10-8-15;/h4,6-11,18H,3,5,12-13H2,1-2H3;1H. The summed E-state index contributed by atoms with van der Waals surface area (Å²) in [7, 11) is 0. The van der Waals surface area contributed by atoms with E-state index in [9.17, 15) is 9.18 Å². The minimum absolute atomic E-state index is 0. The smallest absolute Gasteiger partial charge is 0.276 e. The van der Waals surface area contributed by atoms with Crippen LogP contribution in [0.3, 0.4) is 0 Å². The van der Waals surface area contributed by atoms with E-state index >= 15 is 0 Å². The van der Waals surface area contributed by atoms with E-state index in [4.69, 9.17) is 4.42 Å². The molecule has 0 saturated carbocycles. The van der Waals surface area contributed by atoms with Crippen LogP contribution in [0.15, 0.2) is 47.0 Å². The average molecular weight is 404 g/mol. The van der Waals surface area contributed by atoms with Gasteiger partial charge >= 0.3 is 0 Å². The zero-order valence-electron chi connectivity index (χ0n) is 15.9. The molecule has 2 aromatic heterocycles. The maximum atomic E-state index is 13.3. The molecule has 7 heteroatoms. The van der Waals surface area contributed by atoms with E-state index in [1.54, 1.807) is 19.1 Å². The summed E-state index contributed by atoms with van der Waals surface area (Å²) < 4.78 is 21.1. The van der Waals surface area contributed by atoms with E-state index in [1.165, 1.54) is 12.1 Å². The van der Waals surface area contributed by atoms with Gasteiger partial charge < -0.3 is 13.9 Å². The molecule has 0 N–H and O–H groups in total. The van der Waals surface area contributed by atoms with Crippen LogP contribution in [0.1, 0.15) is 47.7 Å². The van der Waals surface area contributed by atoms with Crippen molar-refractivity contribution >= 4 is 18.3 Å². The minimum atomic E-state index is -0.322. The Labute approximate surface area is 169 Å². The minimum Gasteiger partial charge on any atom is -0.441 e. The summed E-state index contributed by atoms with van der Waals surface area (Å²) in [6.45, 7) is 5.28. The molecule has 1 aliphatic heterocycles. The summed E-state index contributed by atoms with van der Waals surface area (Å²) in [5.74, 6) is 0.381. The highest BCUT2D eigenvalue weighted by molar-refractivity contribution is 5.94. The third kappa shape index (κ3) is 3.56. The third-order valence-electron chi connectivity index (χ3n) is 5.08. The summed E-state index contributed by atoms with van der Waals surface area (Å²) >= 11 is 0. The second kappa shape index (κ2) is 8.19. The van der Waals surface area contributed by atoms with Gasteiger partial charge in [-0.15, -0.1) is 12.4 Å². The van der Waals surface area contributed by atoms with Crippen molar-refractivity contribution < 1.29 is 13.6 Å². The molecule has 1 unspecified atom stereocenters. The van der Waals surface area contributed by atoms with Gasteiger partial charge in [-0.25, -0.2) is 9.37 Å². The van der Waals surface area contributed by atoms with E-state index in [0.29, 0.717) is 29.5 Å². The fourth-order valence-corrected chi connectivity index (χ4v) is 3.73. The Balaban J connectivity index is 0.00000225. The van der Waals surface area contributed by atoms with Gasteiger partial charge in [-0.1, -0.05) is 13.3 Å². The Morgan fingerprint density at radius 2 is 2.00 bits per heavy atom. The lowest BCUT2D eigenvalue weighted by Crippen LogP contribution is -2.42. The molecular formula is C21H23ClFN3O2. The van der Waals surface area contributed by atoms with Crippen molar-refractivity contribution in [2.24, 2.45) is 0 Å². The van der Waals surface area contributed by atoms with Crippen molar-refractivity contribution in [1.29, 1.82) is 0 Å². The van der Waals surface area contributed by atoms with Crippen molar-refractivity contribution in [3.63, 3.8) is 0 Å². The van der Waals surface area contributed by atoms with Gasteiger partial charge in [0.15, 0.2) is 5.69 Å². The first kappa shape index (κ1) is 20.1. The van der Waals surface area contributed by atoms with Gasteiger partial charge in [-0.3, -0.25) is 4.79 Å². The van der Waals surface area contributed by atoms with E-state index in [1.807, 2.05) is 11.0 Å². The van der Waals surface area contributed by atoms with E-state index < -0.39 is 0 Å². The van der Waals surface area contributed by atoms with Gasteiger partial charge in [-0.05, 0) is 49.7 Å². The Bertz CT molecular complexity index is 964. The zero-order valence-corrected chi connectivity index (χ0v) is 16.7.